The van der Waals surface area contributed by atoms with E-state index in [0.717, 1.165) is 18.4 Å². The second-order valence-corrected chi connectivity index (χ2v) is 11.0. The molecule has 162 valence electrons. The fourth-order valence-corrected chi connectivity index (χ4v) is 6.35. The lowest BCUT2D eigenvalue weighted by Crippen LogP contribution is -2.52. The Morgan fingerprint density at radius 3 is 1.93 bits per heavy atom. The molecule has 0 bridgehead atoms. The van der Waals surface area contributed by atoms with Crippen LogP contribution < -0.4 is 18.9 Å². The molecule has 1 fully saturated rings. The molecule has 0 unspecified atom stereocenters. The maximum atomic E-state index is 12.9. The van der Waals surface area contributed by atoms with Crippen molar-refractivity contribution in [3.8, 4) is 11.5 Å². The van der Waals surface area contributed by atoms with Gasteiger partial charge < -0.3 is 9.47 Å². The summed E-state index contributed by atoms with van der Waals surface area (Å²) in [5.74, 6) is 0.869. The molecule has 4 rings (SSSR count). The molecule has 0 aromatic heterocycles. The van der Waals surface area contributed by atoms with Gasteiger partial charge in [0.2, 0.25) is 26.8 Å². The van der Waals surface area contributed by atoms with E-state index in [4.69, 9.17) is 9.47 Å². The van der Waals surface area contributed by atoms with E-state index in [2.05, 4.69) is 9.44 Å². The van der Waals surface area contributed by atoms with Crippen LogP contribution >= 0.6 is 0 Å². The molecule has 0 spiro atoms. The third-order valence-electron chi connectivity index (χ3n) is 5.36. The van der Waals surface area contributed by atoms with Crippen molar-refractivity contribution in [3.63, 3.8) is 0 Å². The minimum atomic E-state index is -3.86. The van der Waals surface area contributed by atoms with Crippen LogP contribution in [0.5, 0.6) is 11.5 Å². The molecular weight excluding hydrogens is 428 g/mol. The lowest BCUT2D eigenvalue weighted by Gasteiger charge is -2.32. The monoisotopic (exact) mass is 452 g/mol. The summed E-state index contributed by atoms with van der Waals surface area (Å²) in [6.45, 7) is 1.93. The first-order chi connectivity index (χ1) is 14.2. The highest BCUT2D eigenvalue weighted by Crippen LogP contribution is 2.34. The van der Waals surface area contributed by atoms with Crippen LogP contribution in [0, 0.1) is 6.92 Å². The van der Waals surface area contributed by atoms with E-state index in [9.17, 15) is 16.8 Å². The molecule has 0 amide bonds. The quantitative estimate of drug-likeness (QED) is 0.696. The second kappa shape index (κ2) is 8.18. The average Bonchev–Trinajstić information content (AvgIpc) is 3.17. The summed E-state index contributed by atoms with van der Waals surface area (Å²) in [5, 5.41) is 0. The maximum Gasteiger partial charge on any atom is 0.241 e. The van der Waals surface area contributed by atoms with Crippen LogP contribution in [0.25, 0.3) is 0 Å². The third kappa shape index (κ3) is 4.46. The number of rotatable bonds is 6. The molecule has 2 aliphatic rings. The number of aryl methyl sites for hydroxylation is 1. The molecule has 30 heavy (non-hydrogen) atoms. The molecular formula is C20H24N2O6S2. The van der Waals surface area contributed by atoms with Gasteiger partial charge in [-0.3, -0.25) is 0 Å². The van der Waals surface area contributed by atoms with E-state index >= 15 is 0 Å². The maximum absolute atomic E-state index is 12.9. The van der Waals surface area contributed by atoms with Crippen molar-refractivity contribution in [3.05, 3.63) is 48.0 Å². The van der Waals surface area contributed by atoms with Crippen LogP contribution in [-0.2, 0) is 20.0 Å². The van der Waals surface area contributed by atoms with Crippen LogP contribution in [0.4, 0.5) is 0 Å². The van der Waals surface area contributed by atoms with Crippen molar-refractivity contribution in [2.24, 2.45) is 0 Å². The molecule has 8 nitrogen and oxygen atoms in total. The van der Waals surface area contributed by atoms with E-state index < -0.39 is 32.1 Å². The zero-order valence-corrected chi connectivity index (χ0v) is 18.1. The normalized spacial score (nSPS) is 21.5. The average molecular weight is 453 g/mol. The Morgan fingerprint density at radius 1 is 0.767 bits per heavy atom. The van der Waals surface area contributed by atoms with Gasteiger partial charge >= 0.3 is 0 Å². The molecule has 2 aromatic rings. The first-order valence-electron chi connectivity index (χ1n) is 9.76. The Kier molecular flexibility index (Phi) is 5.75. The minimum Gasteiger partial charge on any atom is -0.454 e. The first kappa shape index (κ1) is 21.1. The molecule has 0 saturated heterocycles. The summed E-state index contributed by atoms with van der Waals surface area (Å²) in [4.78, 5) is 0.216. The van der Waals surface area contributed by atoms with Crippen molar-refractivity contribution in [1.82, 2.24) is 9.44 Å². The van der Waals surface area contributed by atoms with Gasteiger partial charge in [0, 0.05) is 18.2 Å². The fourth-order valence-electron chi connectivity index (χ4n) is 3.71. The summed E-state index contributed by atoms with van der Waals surface area (Å²) in [5.41, 5.74) is 0.959. The van der Waals surface area contributed by atoms with Gasteiger partial charge in [-0.25, -0.2) is 26.3 Å². The number of nitrogens with one attached hydrogen (secondary N) is 2. The van der Waals surface area contributed by atoms with Gasteiger partial charge in [0.1, 0.15) is 0 Å². The number of benzene rings is 2. The lowest BCUT2D eigenvalue weighted by atomic mass is 9.92. The standard InChI is InChI=1S/C20H24N2O6S2/c1-14-6-8-15(9-7-14)29(23,24)21-17-4-2-3-5-18(17)22-30(25,26)16-10-11-19-20(12-16)28-13-27-19/h6-12,17-18,21-22H,2-5,13H2,1H3/t17-,18-/m0/s1. The van der Waals surface area contributed by atoms with Crippen LogP contribution in [0.3, 0.4) is 0 Å². The van der Waals surface area contributed by atoms with Crippen LogP contribution in [0.15, 0.2) is 52.3 Å². The highest BCUT2D eigenvalue weighted by Gasteiger charge is 2.33. The fraction of sp³-hybridized carbons (Fsp3) is 0.400. The van der Waals surface area contributed by atoms with E-state index in [1.54, 1.807) is 30.3 Å². The molecule has 2 aromatic carbocycles. The van der Waals surface area contributed by atoms with E-state index in [1.165, 1.54) is 12.1 Å². The summed E-state index contributed by atoms with van der Waals surface area (Å²) in [6, 6.07) is 9.89. The largest absolute Gasteiger partial charge is 0.454 e. The number of hydrogen-bond acceptors (Lipinski definition) is 6. The van der Waals surface area contributed by atoms with Crippen LogP contribution in [-0.4, -0.2) is 35.7 Å². The molecule has 1 aliphatic heterocycles. The summed E-state index contributed by atoms with van der Waals surface area (Å²) in [7, 11) is -7.62. The van der Waals surface area contributed by atoms with Gasteiger partial charge in [0.15, 0.2) is 11.5 Å². The van der Waals surface area contributed by atoms with E-state index in [0.29, 0.717) is 24.3 Å². The second-order valence-electron chi connectivity index (χ2n) is 7.57. The lowest BCUT2D eigenvalue weighted by molar-refractivity contribution is 0.174. The third-order valence-corrected chi connectivity index (χ3v) is 8.36. The van der Waals surface area contributed by atoms with E-state index in [-0.39, 0.29) is 16.6 Å². The zero-order valence-electron chi connectivity index (χ0n) is 16.5. The molecule has 2 atom stereocenters. The predicted octanol–water partition coefficient (Wildman–Crippen LogP) is 2.29. The molecule has 0 radical (unpaired) electrons. The summed E-state index contributed by atoms with van der Waals surface area (Å²) >= 11 is 0. The Hall–Kier alpha value is -2.14. The molecule has 2 N–H and O–H groups in total. The summed E-state index contributed by atoms with van der Waals surface area (Å²) in [6.07, 6.45) is 2.74. The van der Waals surface area contributed by atoms with Crippen molar-refractivity contribution in [1.29, 1.82) is 0 Å². The highest BCUT2D eigenvalue weighted by atomic mass is 32.2. The summed E-state index contributed by atoms with van der Waals surface area (Å²) < 4.78 is 67.3. The molecule has 10 heteroatoms. The zero-order chi connectivity index (χ0) is 21.4. The highest BCUT2D eigenvalue weighted by molar-refractivity contribution is 7.90. The smallest absolute Gasteiger partial charge is 0.241 e. The topological polar surface area (TPSA) is 111 Å². The van der Waals surface area contributed by atoms with Crippen molar-refractivity contribution in [2.45, 2.75) is 54.5 Å². The molecule has 1 aliphatic carbocycles. The Labute approximate surface area is 176 Å². The van der Waals surface area contributed by atoms with E-state index in [1.807, 2.05) is 6.92 Å². The van der Waals surface area contributed by atoms with Crippen molar-refractivity contribution in [2.75, 3.05) is 6.79 Å². The first-order valence-corrected chi connectivity index (χ1v) is 12.7. The van der Waals surface area contributed by atoms with Gasteiger partial charge in [0.05, 0.1) is 9.79 Å². The van der Waals surface area contributed by atoms with Crippen molar-refractivity contribution >= 4 is 20.0 Å². The van der Waals surface area contributed by atoms with Crippen molar-refractivity contribution < 1.29 is 26.3 Å². The number of fused-ring (bicyclic) bond motifs is 1. The Morgan fingerprint density at radius 2 is 1.30 bits per heavy atom. The minimum absolute atomic E-state index is 0.0532. The van der Waals surface area contributed by atoms with Crippen LogP contribution in [0.2, 0.25) is 0 Å². The van der Waals surface area contributed by atoms with Crippen LogP contribution in [0.1, 0.15) is 31.2 Å². The molecule has 1 saturated carbocycles. The van der Waals surface area contributed by atoms with Gasteiger partial charge in [0.25, 0.3) is 0 Å². The molecule has 1 heterocycles. The van der Waals surface area contributed by atoms with Gasteiger partial charge in [-0.15, -0.1) is 0 Å². The number of ether oxygens (including phenoxy) is 2. The Bertz CT molecular complexity index is 1130. The van der Waals surface area contributed by atoms with Gasteiger partial charge in [-0.05, 0) is 44.0 Å². The van der Waals surface area contributed by atoms with Gasteiger partial charge in [-0.2, -0.15) is 0 Å². The Balaban J connectivity index is 1.53. The SMILES string of the molecule is Cc1ccc(S(=O)(=O)N[C@H]2CCCC[C@@H]2NS(=O)(=O)c2ccc3c(c2)OCO3)cc1. The number of hydrogen-bond donors (Lipinski definition) is 2. The number of sulfonamides is 2. The van der Waals surface area contributed by atoms with Gasteiger partial charge in [-0.1, -0.05) is 30.5 Å². The predicted molar refractivity (Wildman–Crippen MR) is 110 cm³/mol.